The van der Waals surface area contributed by atoms with Gasteiger partial charge in [0.25, 0.3) is 0 Å². The Hall–Kier alpha value is -0.0100. The number of allylic oxidation sites excluding steroid dienone is 2. The second-order valence-electron chi connectivity index (χ2n) is 5.02. The van der Waals surface area contributed by atoms with Gasteiger partial charge in [0.05, 0.1) is 0 Å². The number of unbranched alkanes of at least 4 members (excludes halogenated alkanes) is 10. The number of hydrogen-bond acceptors (Lipinski definition) is 1. The molecule has 0 heterocycles. The van der Waals surface area contributed by atoms with Gasteiger partial charge in [-0.2, -0.15) is 0 Å². The molecule has 0 bridgehead atoms. The van der Waals surface area contributed by atoms with E-state index >= 15 is 0 Å². The molecule has 0 radical (unpaired) electrons. The normalized spacial score (nSPS) is 10.8. The summed E-state index contributed by atoms with van der Waals surface area (Å²) in [5, 5.41) is 0. The molecule has 2 heteroatoms. The first-order chi connectivity index (χ1) is 8.41. The van der Waals surface area contributed by atoms with Crippen LogP contribution in [-0.4, -0.2) is 6.54 Å². The van der Waals surface area contributed by atoms with Crippen LogP contribution in [0, 0.1) is 0 Å². The van der Waals surface area contributed by atoms with Crippen LogP contribution < -0.4 is 5.73 Å². The fourth-order valence-electron chi connectivity index (χ4n) is 2.04. The molecule has 0 atom stereocenters. The van der Waals surface area contributed by atoms with Crippen molar-refractivity contribution in [3.05, 3.63) is 12.2 Å². The third-order valence-electron chi connectivity index (χ3n) is 3.22. The summed E-state index contributed by atoms with van der Waals surface area (Å²) in [4.78, 5) is 0. The Morgan fingerprint density at radius 3 is 1.61 bits per heavy atom. The van der Waals surface area contributed by atoms with Crippen molar-refractivity contribution in [2.24, 2.45) is 5.73 Å². The summed E-state index contributed by atoms with van der Waals surface area (Å²) in [5.74, 6) is 0. The smallest absolute Gasteiger partial charge is 0.00773 e. The molecule has 2 N–H and O–H groups in total. The van der Waals surface area contributed by atoms with E-state index in [0.717, 1.165) is 6.54 Å². The van der Waals surface area contributed by atoms with Gasteiger partial charge in [0.2, 0.25) is 0 Å². The molecule has 0 aromatic rings. The van der Waals surface area contributed by atoms with E-state index in [1.54, 1.807) is 0 Å². The summed E-state index contributed by atoms with van der Waals surface area (Å²) >= 11 is 0. The van der Waals surface area contributed by atoms with Crippen molar-refractivity contribution in [2.75, 3.05) is 6.54 Å². The third-order valence-corrected chi connectivity index (χ3v) is 3.22. The van der Waals surface area contributed by atoms with Crippen molar-refractivity contribution >= 4 is 12.4 Å². The molecular formula is C16H34ClN. The Morgan fingerprint density at radius 1 is 0.667 bits per heavy atom. The van der Waals surface area contributed by atoms with Gasteiger partial charge in [-0.25, -0.2) is 0 Å². The number of nitrogens with two attached hydrogens (primary N) is 1. The van der Waals surface area contributed by atoms with Crippen LogP contribution in [0.15, 0.2) is 12.2 Å². The van der Waals surface area contributed by atoms with Crippen LogP contribution in [0.4, 0.5) is 0 Å². The molecule has 0 saturated carbocycles. The molecule has 0 amide bonds. The molecule has 0 unspecified atom stereocenters. The first-order valence-electron chi connectivity index (χ1n) is 7.77. The minimum atomic E-state index is 0. The number of halogens is 1. The Labute approximate surface area is 121 Å². The molecule has 110 valence electrons. The Kier molecular flexibility index (Phi) is 21.8. The molecule has 0 rings (SSSR count). The van der Waals surface area contributed by atoms with Gasteiger partial charge in [0.1, 0.15) is 0 Å². The van der Waals surface area contributed by atoms with Gasteiger partial charge in [-0.3, -0.25) is 0 Å². The van der Waals surface area contributed by atoms with E-state index in [-0.39, 0.29) is 12.4 Å². The van der Waals surface area contributed by atoms with Crippen LogP contribution >= 0.6 is 12.4 Å². The maximum absolute atomic E-state index is 5.46. The number of rotatable bonds is 13. The van der Waals surface area contributed by atoms with E-state index in [9.17, 15) is 0 Å². The molecule has 0 aromatic carbocycles. The quantitative estimate of drug-likeness (QED) is 0.342. The summed E-state index contributed by atoms with van der Waals surface area (Å²) in [6.07, 6.45) is 20.9. The van der Waals surface area contributed by atoms with E-state index in [1.165, 1.54) is 77.0 Å². The second kappa shape index (κ2) is 19.3. The van der Waals surface area contributed by atoms with Gasteiger partial charge in [-0.05, 0) is 38.6 Å². The van der Waals surface area contributed by atoms with Crippen LogP contribution in [0.1, 0.15) is 84.0 Å². The van der Waals surface area contributed by atoms with E-state index in [1.807, 2.05) is 0 Å². The molecule has 0 aliphatic heterocycles. The van der Waals surface area contributed by atoms with Crippen molar-refractivity contribution in [1.29, 1.82) is 0 Å². The van der Waals surface area contributed by atoms with Crippen molar-refractivity contribution in [3.63, 3.8) is 0 Å². The van der Waals surface area contributed by atoms with Crippen LogP contribution in [-0.2, 0) is 0 Å². The van der Waals surface area contributed by atoms with Gasteiger partial charge in [-0.15, -0.1) is 12.4 Å². The maximum Gasteiger partial charge on any atom is -0.00773 e. The fraction of sp³-hybridized carbons (Fsp3) is 0.875. The van der Waals surface area contributed by atoms with Gasteiger partial charge in [-0.1, -0.05) is 64.0 Å². The zero-order valence-electron chi connectivity index (χ0n) is 12.3. The average molecular weight is 276 g/mol. The Morgan fingerprint density at radius 2 is 1.11 bits per heavy atom. The van der Waals surface area contributed by atoms with E-state index in [2.05, 4.69) is 19.1 Å². The standard InChI is InChI=1S/C16H33N.ClH/c1-2-3-4-5-6-7-8-9-10-11-12-13-14-15-16-17;/h7-8H,2-6,9-17H2,1H3;1H/b8-7-;. The topological polar surface area (TPSA) is 26.0 Å². The molecule has 0 aliphatic carbocycles. The predicted octanol–water partition coefficient (Wildman–Crippen LogP) is 5.62. The molecule has 18 heavy (non-hydrogen) atoms. The SMILES string of the molecule is CCCCCC/C=C\CCCCCCCCN.Cl. The highest BCUT2D eigenvalue weighted by Gasteiger charge is 1.89. The summed E-state index contributed by atoms with van der Waals surface area (Å²) in [5.41, 5.74) is 5.46. The largest absolute Gasteiger partial charge is 0.330 e. The summed E-state index contributed by atoms with van der Waals surface area (Å²) in [6, 6.07) is 0. The zero-order valence-corrected chi connectivity index (χ0v) is 13.1. The van der Waals surface area contributed by atoms with Gasteiger partial charge < -0.3 is 5.73 Å². The lowest BCUT2D eigenvalue weighted by Gasteiger charge is -1.99. The first-order valence-corrected chi connectivity index (χ1v) is 7.77. The van der Waals surface area contributed by atoms with Gasteiger partial charge in [0, 0.05) is 0 Å². The first kappa shape index (κ1) is 20.3. The Bertz CT molecular complexity index is 157. The highest BCUT2D eigenvalue weighted by Crippen LogP contribution is 2.08. The molecule has 0 aromatic heterocycles. The zero-order chi connectivity index (χ0) is 12.6. The second-order valence-corrected chi connectivity index (χ2v) is 5.02. The Balaban J connectivity index is 0. The summed E-state index contributed by atoms with van der Waals surface area (Å²) < 4.78 is 0. The van der Waals surface area contributed by atoms with Crippen molar-refractivity contribution in [1.82, 2.24) is 0 Å². The van der Waals surface area contributed by atoms with Crippen molar-refractivity contribution in [3.8, 4) is 0 Å². The third kappa shape index (κ3) is 18.4. The van der Waals surface area contributed by atoms with Crippen molar-refractivity contribution < 1.29 is 0 Å². The monoisotopic (exact) mass is 275 g/mol. The fourth-order valence-corrected chi connectivity index (χ4v) is 2.04. The lowest BCUT2D eigenvalue weighted by molar-refractivity contribution is 0.600. The van der Waals surface area contributed by atoms with E-state index in [4.69, 9.17) is 5.73 Å². The van der Waals surface area contributed by atoms with Crippen LogP contribution in [0.25, 0.3) is 0 Å². The minimum Gasteiger partial charge on any atom is -0.330 e. The van der Waals surface area contributed by atoms with Crippen LogP contribution in [0.2, 0.25) is 0 Å². The molecule has 0 spiro atoms. The highest BCUT2D eigenvalue weighted by molar-refractivity contribution is 5.85. The average Bonchev–Trinajstić information content (AvgIpc) is 2.35. The lowest BCUT2D eigenvalue weighted by atomic mass is 10.1. The van der Waals surface area contributed by atoms with Gasteiger partial charge in [0.15, 0.2) is 0 Å². The maximum atomic E-state index is 5.46. The summed E-state index contributed by atoms with van der Waals surface area (Å²) in [7, 11) is 0. The lowest BCUT2D eigenvalue weighted by Crippen LogP contribution is -1.97. The molecule has 0 aliphatic rings. The van der Waals surface area contributed by atoms with Crippen LogP contribution in [0.5, 0.6) is 0 Å². The van der Waals surface area contributed by atoms with Crippen molar-refractivity contribution in [2.45, 2.75) is 84.0 Å². The predicted molar refractivity (Wildman–Crippen MR) is 86.5 cm³/mol. The molecule has 0 fully saturated rings. The summed E-state index contributed by atoms with van der Waals surface area (Å²) in [6.45, 7) is 3.13. The van der Waals surface area contributed by atoms with Crippen LogP contribution in [0.3, 0.4) is 0 Å². The molecule has 0 saturated heterocycles. The van der Waals surface area contributed by atoms with Gasteiger partial charge >= 0.3 is 0 Å². The minimum absolute atomic E-state index is 0. The van der Waals surface area contributed by atoms with E-state index in [0.29, 0.717) is 0 Å². The molecular weight excluding hydrogens is 242 g/mol. The highest BCUT2D eigenvalue weighted by atomic mass is 35.5. The number of hydrogen-bond donors (Lipinski definition) is 1. The molecule has 1 nitrogen and oxygen atoms in total. The van der Waals surface area contributed by atoms with E-state index < -0.39 is 0 Å².